The van der Waals surface area contributed by atoms with Gasteiger partial charge in [0.05, 0.1) is 4.92 Å². The SMILES string of the molecule is CNc1c(Cl)c(OCC(F)F)cc(F)c1[N+](=O)[O-]. The minimum Gasteiger partial charge on any atom is -0.486 e. The molecule has 1 rings (SSSR count). The predicted octanol–water partition coefficient (Wildman–Crippen LogP) is 3.07. The van der Waals surface area contributed by atoms with Crippen molar-refractivity contribution in [3.63, 3.8) is 0 Å². The lowest BCUT2D eigenvalue weighted by Gasteiger charge is -2.11. The van der Waals surface area contributed by atoms with Crippen LogP contribution in [0, 0.1) is 15.9 Å². The molecular formula is C9H8ClF3N2O3. The first-order valence-corrected chi connectivity index (χ1v) is 5.01. The number of halogens is 4. The lowest BCUT2D eigenvalue weighted by molar-refractivity contribution is -0.386. The highest BCUT2D eigenvalue weighted by molar-refractivity contribution is 6.35. The first-order chi connectivity index (χ1) is 8.38. The van der Waals surface area contributed by atoms with Crippen LogP contribution in [0.3, 0.4) is 0 Å². The van der Waals surface area contributed by atoms with E-state index in [1.165, 1.54) is 7.05 Å². The van der Waals surface area contributed by atoms with Gasteiger partial charge in [-0.3, -0.25) is 10.1 Å². The van der Waals surface area contributed by atoms with Gasteiger partial charge in [-0.05, 0) is 0 Å². The van der Waals surface area contributed by atoms with E-state index in [1.54, 1.807) is 0 Å². The molecule has 0 unspecified atom stereocenters. The number of nitrogens with one attached hydrogen (secondary N) is 1. The van der Waals surface area contributed by atoms with E-state index >= 15 is 0 Å². The lowest BCUT2D eigenvalue weighted by atomic mass is 10.2. The summed E-state index contributed by atoms with van der Waals surface area (Å²) in [4.78, 5) is 9.67. The molecule has 0 saturated heterocycles. The number of ether oxygens (including phenoxy) is 1. The molecule has 100 valence electrons. The van der Waals surface area contributed by atoms with Gasteiger partial charge in [-0.1, -0.05) is 11.6 Å². The number of hydrogen-bond donors (Lipinski definition) is 1. The third-order valence-corrected chi connectivity index (χ3v) is 2.33. The Morgan fingerprint density at radius 1 is 1.61 bits per heavy atom. The quantitative estimate of drug-likeness (QED) is 0.666. The van der Waals surface area contributed by atoms with Crippen LogP contribution in [0.1, 0.15) is 0 Å². The van der Waals surface area contributed by atoms with Crippen LogP contribution in [-0.2, 0) is 0 Å². The highest BCUT2D eigenvalue weighted by Gasteiger charge is 2.26. The zero-order chi connectivity index (χ0) is 13.9. The summed E-state index contributed by atoms with van der Waals surface area (Å²) >= 11 is 5.71. The number of benzene rings is 1. The van der Waals surface area contributed by atoms with Gasteiger partial charge >= 0.3 is 5.69 Å². The Morgan fingerprint density at radius 2 is 2.22 bits per heavy atom. The molecule has 1 aromatic rings. The maximum atomic E-state index is 13.4. The molecule has 0 aromatic heterocycles. The zero-order valence-electron chi connectivity index (χ0n) is 9.05. The van der Waals surface area contributed by atoms with Gasteiger partial charge in [-0.25, -0.2) is 8.78 Å². The number of rotatable bonds is 5. The van der Waals surface area contributed by atoms with E-state index in [9.17, 15) is 23.3 Å². The molecule has 0 radical (unpaired) electrons. The lowest BCUT2D eigenvalue weighted by Crippen LogP contribution is -2.09. The van der Waals surface area contributed by atoms with Crippen LogP contribution in [0.5, 0.6) is 5.75 Å². The molecule has 0 atom stereocenters. The number of nitro benzene ring substituents is 1. The van der Waals surface area contributed by atoms with E-state index in [2.05, 4.69) is 10.1 Å². The van der Waals surface area contributed by atoms with Crippen LogP contribution in [0.2, 0.25) is 5.02 Å². The van der Waals surface area contributed by atoms with Gasteiger partial charge in [0.1, 0.15) is 23.1 Å². The van der Waals surface area contributed by atoms with E-state index < -0.39 is 29.5 Å². The molecule has 9 heteroatoms. The molecule has 5 nitrogen and oxygen atoms in total. The number of nitro groups is 1. The Labute approximate surface area is 105 Å². The fourth-order valence-electron chi connectivity index (χ4n) is 1.26. The van der Waals surface area contributed by atoms with Crippen molar-refractivity contribution in [1.82, 2.24) is 0 Å². The van der Waals surface area contributed by atoms with Gasteiger partial charge in [0, 0.05) is 13.1 Å². The smallest absolute Gasteiger partial charge is 0.329 e. The highest BCUT2D eigenvalue weighted by Crippen LogP contribution is 2.41. The van der Waals surface area contributed by atoms with E-state index in [1.807, 2.05) is 0 Å². The molecule has 1 N–H and O–H groups in total. The molecule has 0 spiro atoms. The molecule has 18 heavy (non-hydrogen) atoms. The molecule has 0 bridgehead atoms. The summed E-state index contributed by atoms with van der Waals surface area (Å²) in [7, 11) is 1.28. The van der Waals surface area contributed by atoms with Crippen molar-refractivity contribution >= 4 is 23.0 Å². The second-order valence-corrected chi connectivity index (χ2v) is 3.48. The van der Waals surface area contributed by atoms with Crippen molar-refractivity contribution in [2.24, 2.45) is 0 Å². The number of alkyl halides is 2. The van der Waals surface area contributed by atoms with Gasteiger partial charge in [-0.2, -0.15) is 4.39 Å². The maximum Gasteiger partial charge on any atom is 0.329 e. The number of nitrogens with zero attached hydrogens (tertiary/aromatic N) is 1. The van der Waals surface area contributed by atoms with Gasteiger partial charge in [-0.15, -0.1) is 0 Å². The van der Waals surface area contributed by atoms with E-state index in [-0.39, 0.29) is 16.5 Å². The minimum atomic E-state index is -2.77. The van der Waals surface area contributed by atoms with E-state index in [4.69, 9.17) is 11.6 Å². The molecular weight excluding hydrogens is 277 g/mol. The zero-order valence-corrected chi connectivity index (χ0v) is 9.80. The van der Waals surface area contributed by atoms with Crippen LogP contribution in [0.15, 0.2) is 6.07 Å². The van der Waals surface area contributed by atoms with Gasteiger partial charge < -0.3 is 10.1 Å². The number of anilines is 1. The summed E-state index contributed by atoms with van der Waals surface area (Å²) in [5, 5.41) is 12.6. The van der Waals surface area contributed by atoms with Gasteiger partial charge in [0.25, 0.3) is 6.43 Å². The predicted molar refractivity (Wildman–Crippen MR) is 59.1 cm³/mol. The van der Waals surface area contributed by atoms with Crippen LogP contribution in [0.4, 0.5) is 24.5 Å². The standard InChI is InChI=1S/C9H8ClF3N2O3/c1-14-8-7(10)5(18-3-6(12)13)2-4(11)9(8)15(16)17/h2,6,14H,3H2,1H3. The Bertz CT molecular complexity index is 471. The molecule has 1 aromatic carbocycles. The summed E-state index contributed by atoms with van der Waals surface area (Å²) in [6.45, 7) is -0.986. The fraction of sp³-hybridized carbons (Fsp3) is 0.333. The molecule has 0 aliphatic carbocycles. The van der Waals surface area contributed by atoms with Crippen molar-refractivity contribution in [2.45, 2.75) is 6.43 Å². The van der Waals surface area contributed by atoms with E-state index in [0.29, 0.717) is 6.07 Å². The first-order valence-electron chi connectivity index (χ1n) is 4.63. The molecule has 0 fully saturated rings. The monoisotopic (exact) mass is 284 g/mol. The van der Waals surface area contributed by atoms with Crippen molar-refractivity contribution in [1.29, 1.82) is 0 Å². The normalized spacial score (nSPS) is 10.6. The topological polar surface area (TPSA) is 64.4 Å². The summed E-state index contributed by atoms with van der Waals surface area (Å²) in [6.07, 6.45) is -2.77. The Morgan fingerprint density at radius 3 is 2.67 bits per heavy atom. The molecule has 0 saturated carbocycles. The molecule has 0 aliphatic rings. The average molecular weight is 285 g/mol. The summed E-state index contributed by atoms with van der Waals surface area (Å²) in [5.74, 6) is -1.61. The summed E-state index contributed by atoms with van der Waals surface area (Å²) in [5.41, 5.74) is -1.20. The van der Waals surface area contributed by atoms with Crippen LogP contribution in [0.25, 0.3) is 0 Å². The second kappa shape index (κ2) is 5.76. The average Bonchev–Trinajstić information content (AvgIpc) is 2.28. The van der Waals surface area contributed by atoms with Crippen molar-refractivity contribution in [3.05, 3.63) is 27.0 Å². The largest absolute Gasteiger partial charge is 0.486 e. The van der Waals surface area contributed by atoms with Crippen LogP contribution in [-0.4, -0.2) is 25.0 Å². The molecule has 0 aliphatic heterocycles. The Balaban J connectivity index is 3.24. The highest BCUT2D eigenvalue weighted by atomic mass is 35.5. The first kappa shape index (κ1) is 14.4. The van der Waals surface area contributed by atoms with Crippen LogP contribution >= 0.6 is 11.6 Å². The van der Waals surface area contributed by atoms with Gasteiger partial charge in [0.2, 0.25) is 5.82 Å². The fourth-order valence-corrected chi connectivity index (χ4v) is 1.55. The van der Waals surface area contributed by atoms with Gasteiger partial charge in [0.15, 0.2) is 0 Å². The Hall–Kier alpha value is -1.70. The van der Waals surface area contributed by atoms with E-state index in [0.717, 1.165) is 0 Å². The number of hydrogen-bond acceptors (Lipinski definition) is 4. The molecule has 0 heterocycles. The van der Waals surface area contributed by atoms with Crippen molar-refractivity contribution in [3.8, 4) is 5.75 Å². The van der Waals surface area contributed by atoms with Crippen molar-refractivity contribution in [2.75, 3.05) is 19.0 Å². The maximum absolute atomic E-state index is 13.4. The summed E-state index contributed by atoms with van der Waals surface area (Å²) in [6, 6.07) is 0.601. The third kappa shape index (κ3) is 2.95. The Kier molecular flexibility index (Phi) is 4.60. The van der Waals surface area contributed by atoms with Crippen LogP contribution < -0.4 is 10.1 Å². The van der Waals surface area contributed by atoms with Crippen molar-refractivity contribution < 1.29 is 22.8 Å². The second-order valence-electron chi connectivity index (χ2n) is 3.10. The summed E-state index contributed by atoms with van der Waals surface area (Å²) < 4.78 is 41.9. The third-order valence-electron chi connectivity index (χ3n) is 1.95. The minimum absolute atomic E-state index is 0.328. The molecule has 0 amide bonds.